The number of halogens is 1. The molecule has 144 valence electrons. The average molecular weight is 371 g/mol. The summed E-state index contributed by atoms with van der Waals surface area (Å²) in [6.07, 6.45) is 0. The van der Waals surface area contributed by atoms with Crippen LogP contribution in [0.1, 0.15) is 29.7 Å². The summed E-state index contributed by atoms with van der Waals surface area (Å²) in [5.41, 5.74) is 3.21. The van der Waals surface area contributed by atoms with E-state index in [1.165, 1.54) is 11.0 Å². The van der Waals surface area contributed by atoms with Crippen LogP contribution in [-0.2, 0) is 9.59 Å². The van der Waals surface area contributed by atoms with Gasteiger partial charge in [0.05, 0.1) is 13.1 Å². The fraction of sp³-hybridized carbons (Fsp3) is 0.333. The molecular formula is C21H26FN3O2. The fourth-order valence-corrected chi connectivity index (χ4v) is 2.81. The fourth-order valence-electron chi connectivity index (χ4n) is 2.81. The van der Waals surface area contributed by atoms with Gasteiger partial charge in [-0.05, 0) is 38.0 Å². The number of hydrogen-bond donors (Lipinski definition) is 2. The molecule has 27 heavy (non-hydrogen) atoms. The van der Waals surface area contributed by atoms with Gasteiger partial charge in [-0.1, -0.05) is 36.4 Å². The number of amides is 2. The molecule has 2 rings (SSSR count). The molecule has 1 unspecified atom stereocenters. The second-order valence-corrected chi connectivity index (χ2v) is 6.69. The number of anilines is 1. The molecule has 0 aromatic heterocycles. The second-order valence-electron chi connectivity index (χ2n) is 6.69. The highest BCUT2D eigenvalue weighted by Gasteiger charge is 2.16. The predicted octanol–water partition coefficient (Wildman–Crippen LogP) is 3.19. The van der Waals surface area contributed by atoms with Crippen LogP contribution in [0.3, 0.4) is 0 Å². The Morgan fingerprint density at radius 1 is 1.07 bits per heavy atom. The van der Waals surface area contributed by atoms with Crippen LogP contribution in [0.2, 0.25) is 0 Å². The molecule has 0 spiro atoms. The van der Waals surface area contributed by atoms with Gasteiger partial charge in [0.15, 0.2) is 0 Å². The second kappa shape index (κ2) is 9.28. The van der Waals surface area contributed by atoms with E-state index >= 15 is 0 Å². The first-order chi connectivity index (χ1) is 12.8. The standard InChI is InChI=1S/C21H26FN3O2/c1-14-8-7-9-15(2)21(14)24-19(26)13-25(4)20(27)12-23-16(3)17-10-5-6-11-18(17)22/h5-11,16,23H,12-13H2,1-4H3,(H,24,26). The summed E-state index contributed by atoms with van der Waals surface area (Å²) < 4.78 is 13.8. The number of carbonyl (C=O) groups excluding carboxylic acids is 2. The van der Waals surface area contributed by atoms with Crippen LogP contribution in [0, 0.1) is 19.7 Å². The minimum absolute atomic E-state index is 0.0165. The molecule has 0 radical (unpaired) electrons. The lowest BCUT2D eigenvalue weighted by molar-refractivity contribution is -0.132. The van der Waals surface area contributed by atoms with E-state index in [4.69, 9.17) is 0 Å². The Balaban J connectivity index is 1.86. The minimum atomic E-state index is -0.314. The van der Waals surface area contributed by atoms with Crippen LogP contribution in [0.25, 0.3) is 0 Å². The van der Waals surface area contributed by atoms with Crippen molar-refractivity contribution in [1.29, 1.82) is 0 Å². The molecule has 2 aromatic rings. The van der Waals surface area contributed by atoms with Gasteiger partial charge in [0.2, 0.25) is 11.8 Å². The highest BCUT2D eigenvalue weighted by atomic mass is 19.1. The van der Waals surface area contributed by atoms with Crippen molar-refractivity contribution in [2.24, 2.45) is 0 Å². The number of aryl methyl sites for hydroxylation is 2. The maximum atomic E-state index is 13.8. The minimum Gasteiger partial charge on any atom is -0.335 e. The van der Waals surface area contributed by atoms with Crippen LogP contribution < -0.4 is 10.6 Å². The molecular weight excluding hydrogens is 345 g/mol. The first-order valence-electron chi connectivity index (χ1n) is 8.87. The Hall–Kier alpha value is -2.73. The molecule has 5 nitrogen and oxygen atoms in total. The molecule has 0 saturated carbocycles. The smallest absolute Gasteiger partial charge is 0.243 e. The van der Waals surface area contributed by atoms with E-state index in [0.29, 0.717) is 5.56 Å². The van der Waals surface area contributed by atoms with Crippen LogP contribution in [0.4, 0.5) is 10.1 Å². The molecule has 2 amide bonds. The lowest BCUT2D eigenvalue weighted by Crippen LogP contribution is -2.40. The number of hydrogen-bond acceptors (Lipinski definition) is 3. The van der Waals surface area contributed by atoms with Gasteiger partial charge in [-0.25, -0.2) is 4.39 Å². The lowest BCUT2D eigenvalue weighted by atomic mass is 10.1. The summed E-state index contributed by atoms with van der Waals surface area (Å²) in [6.45, 7) is 5.60. The largest absolute Gasteiger partial charge is 0.335 e. The molecule has 2 N–H and O–H groups in total. The Morgan fingerprint density at radius 3 is 2.33 bits per heavy atom. The highest BCUT2D eigenvalue weighted by Crippen LogP contribution is 2.19. The molecule has 1 atom stereocenters. The zero-order valence-corrected chi connectivity index (χ0v) is 16.2. The molecule has 0 bridgehead atoms. The Bertz CT molecular complexity index is 803. The van der Waals surface area contributed by atoms with Gasteiger partial charge in [0.1, 0.15) is 5.82 Å². The molecule has 0 aliphatic rings. The summed E-state index contributed by atoms with van der Waals surface area (Å²) in [4.78, 5) is 25.9. The van der Waals surface area contributed by atoms with Crippen molar-refractivity contribution in [2.45, 2.75) is 26.8 Å². The van der Waals surface area contributed by atoms with Crippen molar-refractivity contribution in [2.75, 3.05) is 25.5 Å². The SMILES string of the molecule is Cc1cccc(C)c1NC(=O)CN(C)C(=O)CNC(C)c1ccccc1F. The van der Waals surface area contributed by atoms with Gasteiger partial charge in [0.25, 0.3) is 0 Å². The zero-order chi connectivity index (χ0) is 20.0. The van der Waals surface area contributed by atoms with Crippen molar-refractivity contribution < 1.29 is 14.0 Å². The van der Waals surface area contributed by atoms with E-state index in [-0.39, 0.29) is 36.8 Å². The number of likely N-dealkylation sites (N-methyl/N-ethyl adjacent to an activating group) is 1. The molecule has 0 fully saturated rings. The number of benzene rings is 2. The predicted molar refractivity (Wildman–Crippen MR) is 105 cm³/mol. The summed E-state index contributed by atoms with van der Waals surface area (Å²) in [5.74, 6) is -0.813. The Kier molecular flexibility index (Phi) is 7.07. The molecule has 2 aromatic carbocycles. The van der Waals surface area contributed by atoms with Crippen molar-refractivity contribution in [1.82, 2.24) is 10.2 Å². The highest BCUT2D eigenvalue weighted by molar-refractivity contribution is 5.95. The molecule has 6 heteroatoms. The normalized spacial score (nSPS) is 11.7. The molecule has 0 heterocycles. The zero-order valence-electron chi connectivity index (χ0n) is 16.2. The molecule has 0 aliphatic carbocycles. The third-order valence-electron chi connectivity index (χ3n) is 4.48. The van der Waals surface area contributed by atoms with Crippen LogP contribution >= 0.6 is 0 Å². The van der Waals surface area contributed by atoms with Gasteiger partial charge >= 0.3 is 0 Å². The quantitative estimate of drug-likeness (QED) is 0.786. The summed E-state index contributed by atoms with van der Waals surface area (Å²) in [7, 11) is 1.57. The topological polar surface area (TPSA) is 61.4 Å². The third-order valence-corrected chi connectivity index (χ3v) is 4.48. The van der Waals surface area contributed by atoms with Crippen LogP contribution in [0.5, 0.6) is 0 Å². The maximum Gasteiger partial charge on any atom is 0.243 e. The first-order valence-corrected chi connectivity index (χ1v) is 8.87. The van der Waals surface area contributed by atoms with Crippen LogP contribution in [0.15, 0.2) is 42.5 Å². The van der Waals surface area contributed by atoms with E-state index in [2.05, 4.69) is 10.6 Å². The van der Waals surface area contributed by atoms with Crippen molar-refractivity contribution >= 4 is 17.5 Å². The van der Waals surface area contributed by atoms with E-state index in [0.717, 1.165) is 16.8 Å². The number of nitrogens with zero attached hydrogens (tertiary/aromatic N) is 1. The Labute approximate surface area is 159 Å². The average Bonchev–Trinajstić information content (AvgIpc) is 2.63. The van der Waals surface area contributed by atoms with E-state index in [9.17, 15) is 14.0 Å². The van der Waals surface area contributed by atoms with Gasteiger partial charge in [-0.15, -0.1) is 0 Å². The van der Waals surface area contributed by atoms with Crippen molar-refractivity contribution in [3.63, 3.8) is 0 Å². The first kappa shape index (κ1) is 20.6. The van der Waals surface area contributed by atoms with Gasteiger partial charge < -0.3 is 15.5 Å². The third kappa shape index (κ3) is 5.62. The lowest BCUT2D eigenvalue weighted by Gasteiger charge is -2.20. The van der Waals surface area contributed by atoms with Crippen molar-refractivity contribution in [3.05, 3.63) is 65.0 Å². The van der Waals surface area contributed by atoms with E-state index in [1.54, 1.807) is 32.2 Å². The summed E-state index contributed by atoms with van der Waals surface area (Å²) >= 11 is 0. The van der Waals surface area contributed by atoms with Crippen LogP contribution in [-0.4, -0.2) is 36.9 Å². The van der Waals surface area contributed by atoms with E-state index in [1.807, 2.05) is 32.0 Å². The van der Waals surface area contributed by atoms with Gasteiger partial charge in [-0.2, -0.15) is 0 Å². The number of rotatable bonds is 7. The number of para-hydroxylation sites is 1. The molecule has 0 aliphatic heterocycles. The van der Waals surface area contributed by atoms with Crippen molar-refractivity contribution in [3.8, 4) is 0 Å². The maximum absolute atomic E-state index is 13.8. The Morgan fingerprint density at radius 2 is 1.70 bits per heavy atom. The monoisotopic (exact) mass is 371 g/mol. The van der Waals surface area contributed by atoms with Gasteiger partial charge in [-0.3, -0.25) is 9.59 Å². The summed E-state index contributed by atoms with van der Waals surface area (Å²) in [6, 6.07) is 11.9. The number of carbonyl (C=O) groups is 2. The van der Waals surface area contributed by atoms with Gasteiger partial charge in [0, 0.05) is 24.3 Å². The molecule has 0 saturated heterocycles. The number of nitrogens with one attached hydrogen (secondary N) is 2. The van der Waals surface area contributed by atoms with E-state index < -0.39 is 0 Å². The summed E-state index contributed by atoms with van der Waals surface area (Å²) in [5, 5.41) is 5.86.